The summed E-state index contributed by atoms with van der Waals surface area (Å²) in [6, 6.07) is 0. The molecular weight excluding hydrogens is 673 g/mol. The summed E-state index contributed by atoms with van der Waals surface area (Å²) in [4.78, 5) is 37.5. The lowest BCUT2D eigenvalue weighted by molar-refractivity contribution is -0.166. The molecule has 0 radical (unpaired) electrons. The zero-order valence-electron chi connectivity index (χ0n) is 34.7. The summed E-state index contributed by atoms with van der Waals surface area (Å²) >= 11 is 0. The molecule has 0 aliphatic heterocycles. The fourth-order valence-corrected chi connectivity index (χ4v) is 5.43. The van der Waals surface area contributed by atoms with Gasteiger partial charge in [0.25, 0.3) is 0 Å². The minimum absolute atomic E-state index is 0.125. The molecule has 0 N–H and O–H groups in total. The standard InChI is InChI=1S/C48H78O6/c1-4-7-10-13-16-19-21-22-23-24-25-26-27-30-32-35-38-41-47(50)53-44-45(43-52-46(49)40-37-34-31-28-18-15-12-9-6-3)54-48(51)42-39-36-33-29-20-17-14-11-8-5-2/h9,12,16,18-19,22-23,25-26,28,30,32,34,37,45H,4-8,10-11,13-15,17,20-21,24,27,29,31,33,35-36,38-44H2,1-3H3/b12-9-,19-16-,23-22-,26-25-,28-18-,32-30-,37-34-. The highest BCUT2D eigenvalue weighted by molar-refractivity contribution is 5.72. The lowest BCUT2D eigenvalue weighted by Crippen LogP contribution is -2.30. The molecule has 1 atom stereocenters. The molecule has 0 aliphatic rings. The summed E-state index contributed by atoms with van der Waals surface area (Å²) < 4.78 is 16.5. The van der Waals surface area contributed by atoms with Crippen LogP contribution in [-0.2, 0) is 28.6 Å². The van der Waals surface area contributed by atoms with E-state index in [2.05, 4.69) is 93.7 Å². The van der Waals surface area contributed by atoms with Gasteiger partial charge < -0.3 is 14.2 Å². The minimum Gasteiger partial charge on any atom is -0.462 e. The van der Waals surface area contributed by atoms with Crippen molar-refractivity contribution in [2.45, 2.75) is 187 Å². The monoisotopic (exact) mass is 751 g/mol. The van der Waals surface area contributed by atoms with Gasteiger partial charge in [0.05, 0.1) is 6.42 Å². The van der Waals surface area contributed by atoms with E-state index in [9.17, 15) is 14.4 Å². The van der Waals surface area contributed by atoms with Crippen molar-refractivity contribution in [3.63, 3.8) is 0 Å². The first-order valence-electron chi connectivity index (χ1n) is 21.6. The van der Waals surface area contributed by atoms with Crippen LogP contribution in [0.2, 0.25) is 0 Å². The molecule has 0 fully saturated rings. The van der Waals surface area contributed by atoms with Gasteiger partial charge in [-0.25, -0.2) is 0 Å². The van der Waals surface area contributed by atoms with Crippen LogP contribution in [0.3, 0.4) is 0 Å². The predicted molar refractivity (Wildman–Crippen MR) is 228 cm³/mol. The molecule has 0 spiro atoms. The van der Waals surface area contributed by atoms with Crippen LogP contribution in [-0.4, -0.2) is 37.2 Å². The quantitative estimate of drug-likeness (QED) is 0.0272. The Labute approximate surface area is 331 Å². The smallest absolute Gasteiger partial charge is 0.309 e. The highest BCUT2D eigenvalue weighted by Crippen LogP contribution is 2.12. The van der Waals surface area contributed by atoms with Crippen molar-refractivity contribution in [3.05, 3.63) is 85.1 Å². The molecule has 6 nitrogen and oxygen atoms in total. The topological polar surface area (TPSA) is 78.9 Å². The van der Waals surface area contributed by atoms with E-state index in [1.165, 1.54) is 70.6 Å². The lowest BCUT2D eigenvalue weighted by atomic mass is 10.1. The number of hydrogen-bond acceptors (Lipinski definition) is 6. The Bertz CT molecular complexity index is 1090. The molecule has 0 saturated heterocycles. The Morgan fingerprint density at radius 1 is 0.407 bits per heavy atom. The van der Waals surface area contributed by atoms with Crippen LogP contribution in [0.5, 0.6) is 0 Å². The maximum absolute atomic E-state index is 12.6. The van der Waals surface area contributed by atoms with Crippen LogP contribution in [0.15, 0.2) is 85.1 Å². The van der Waals surface area contributed by atoms with E-state index >= 15 is 0 Å². The van der Waals surface area contributed by atoms with E-state index in [1.54, 1.807) is 6.08 Å². The van der Waals surface area contributed by atoms with Crippen molar-refractivity contribution in [2.75, 3.05) is 13.2 Å². The predicted octanol–water partition coefficient (Wildman–Crippen LogP) is 13.7. The van der Waals surface area contributed by atoms with E-state index in [4.69, 9.17) is 14.2 Å². The van der Waals surface area contributed by atoms with Crippen LogP contribution in [0.1, 0.15) is 181 Å². The fourth-order valence-electron chi connectivity index (χ4n) is 5.43. The molecule has 306 valence electrons. The van der Waals surface area contributed by atoms with Gasteiger partial charge in [0.2, 0.25) is 0 Å². The number of carbonyl (C=O) groups excluding carboxylic acids is 3. The number of hydrogen-bond donors (Lipinski definition) is 0. The van der Waals surface area contributed by atoms with E-state index in [0.29, 0.717) is 12.8 Å². The average molecular weight is 751 g/mol. The summed E-state index contributed by atoms with van der Waals surface area (Å²) in [5.74, 6) is -1.12. The van der Waals surface area contributed by atoms with Gasteiger partial charge in [0, 0.05) is 12.8 Å². The molecule has 0 saturated carbocycles. The molecule has 0 aromatic heterocycles. The van der Waals surface area contributed by atoms with Gasteiger partial charge in [-0.3, -0.25) is 14.4 Å². The highest BCUT2D eigenvalue weighted by Gasteiger charge is 2.19. The van der Waals surface area contributed by atoms with Gasteiger partial charge in [-0.2, -0.15) is 0 Å². The second-order valence-electron chi connectivity index (χ2n) is 13.9. The van der Waals surface area contributed by atoms with Crippen LogP contribution < -0.4 is 0 Å². The molecule has 1 unspecified atom stereocenters. The highest BCUT2D eigenvalue weighted by atomic mass is 16.6. The molecule has 0 aromatic carbocycles. The van der Waals surface area contributed by atoms with Gasteiger partial charge in [-0.1, -0.05) is 176 Å². The van der Waals surface area contributed by atoms with Crippen molar-refractivity contribution in [2.24, 2.45) is 0 Å². The van der Waals surface area contributed by atoms with E-state index in [-0.39, 0.29) is 38.0 Å². The van der Waals surface area contributed by atoms with Crippen LogP contribution >= 0.6 is 0 Å². The van der Waals surface area contributed by atoms with Crippen molar-refractivity contribution in [3.8, 4) is 0 Å². The zero-order chi connectivity index (χ0) is 39.4. The number of carbonyl (C=O) groups is 3. The number of ether oxygens (including phenoxy) is 3. The second kappa shape index (κ2) is 42.3. The van der Waals surface area contributed by atoms with E-state index < -0.39 is 12.1 Å². The summed E-state index contributed by atoms with van der Waals surface area (Å²) in [6.07, 6.45) is 53.2. The largest absolute Gasteiger partial charge is 0.462 e. The average Bonchev–Trinajstić information content (AvgIpc) is 3.17. The summed E-state index contributed by atoms with van der Waals surface area (Å²) in [7, 11) is 0. The van der Waals surface area contributed by atoms with E-state index in [1.807, 2.05) is 6.08 Å². The number of rotatable bonds is 37. The van der Waals surface area contributed by atoms with Crippen LogP contribution in [0, 0.1) is 0 Å². The first kappa shape index (κ1) is 50.6. The first-order valence-corrected chi connectivity index (χ1v) is 21.6. The SMILES string of the molecule is CC/C=C\C/C=C\C/C=C\CC(=O)OCC(COC(=O)CCC/C=C\C/C=C\C/C=C\C/C=C\CCCCC)OC(=O)CCCCCCCCCCCC. The molecule has 6 heteroatoms. The van der Waals surface area contributed by atoms with Gasteiger partial charge in [-0.05, 0) is 70.6 Å². The lowest BCUT2D eigenvalue weighted by Gasteiger charge is -2.18. The molecule has 0 bridgehead atoms. The normalized spacial score (nSPS) is 12.9. The third kappa shape index (κ3) is 39.8. The summed E-state index contributed by atoms with van der Waals surface area (Å²) in [6.45, 7) is 6.30. The minimum atomic E-state index is -0.829. The van der Waals surface area contributed by atoms with Gasteiger partial charge in [0.1, 0.15) is 13.2 Å². The Balaban J connectivity index is 4.51. The Morgan fingerprint density at radius 2 is 0.815 bits per heavy atom. The van der Waals surface area contributed by atoms with Gasteiger partial charge >= 0.3 is 17.9 Å². The molecule has 0 heterocycles. The number of esters is 3. The van der Waals surface area contributed by atoms with Gasteiger partial charge in [0.15, 0.2) is 6.10 Å². The third-order valence-corrected chi connectivity index (χ3v) is 8.67. The van der Waals surface area contributed by atoms with Crippen molar-refractivity contribution in [1.82, 2.24) is 0 Å². The van der Waals surface area contributed by atoms with Crippen molar-refractivity contribution < 1.29 is 28.6 Å². The van der Waals surface area contributed by atoms with Crippen molar-refractivity contribution >= 4 is 17.9 Å². The zero-order valence-corrected chi connectivity index (χ0v) is 34.7. The summed E-state index contributed by atoms with van der Waals surface area (Å²) in [5.41, 5.74) is 0. The molecule has 0 amide bonds. The van der Waals surface area contributed by atoms with Crippen molar-refractivity contribution in [1.29, 1.82) is 0 Å². The Morgan fingerprint density at radius 3 is 1.35 bits per heavy atom. The van der Waals surface area contributed by atoms with E-state index in [0.717, 1.165) is 64.2 Å². The van der Waals surface area contributed by atoms with Crippen LogP contribution in [0.25, 0.3) is 0 Å². The molecule has 0 aliphatic carbocycles. The number of allylic oxidation sites excluding steroid dienone is 13. The third-order valence-electron chi connectivity index (χ3n) is 8.67. The van der Waals surface area contributed by atoms with Crippen LogP contribution in [0.4, 0.5) is 0 Å². The van der Waals surface area contributed by atoms with Gasteiger partial charge in [-0.15, -0.1) is 0 Å². The molecule has 54 heavy (non-hydrogen) atoms. The maximum Gasteiger partial charge on any atom is 0.309 e. The fraction of sp³-hybridized carbons (Fsp3) is 0.646. The molecular formula is C48H78O6. The Hall–Kier alpha value is -3.41. The second-order valence-corrected chi connectivity index (χ2v) is 13.9. The summed E-state index contributed by atoms with van der Waals surface area (Å²) in [5, 5.41) is 0. The first-order chi connectivity index (χ1) is 26.5. The number of unbranched alkanes of at least 4 members (excludes halogenated alkanes) is 13. The molecule has 0 rings (SSSR count). The molecule has 0 aromatic rings. The maximum atomic E-state index is 12.6. The Kier molecular flexibility index (Phi) is 39.7.